The molecular formula is C15H13ClN4O. The number of nitrogens with zero attached hydrogens (tertiary/aromatic N) is 4. The third-order valence-corrected chi connectivity index (χ3v) is 4.21. The quantitative estimate of drug-likeness (QED) is 0.750. The Hall–Kier alpha value is -2.27. The fraction of sp³-hybridized carbons (Fsp3) is 0.200. The van der Waals surface area contributed by atoms with E-state index in [1.54, 1.807) is 17.7 Å². The van der Waals surface area contributed by atoms with Crippen LogP contribution < -0.4 is 4.90 Å². The summed E-state index contributed by atoms with van der Waals surface area (Å²) in [5.74, 6) is 0.973. The first-order chi connectivity index (χ1) is 10.1. The number of fused-ring (bicyclic) bond motifs is 2. The normalized spacial score (nSPS) is 13.9. The second-order valence-corrected chi connectivity index (χ2v) is 5.60. The highest BCUT2D eigenvalue weighted by Gasteiger charge is 2.25. The van der Waals surface area contributed by atoms with Gasteiger partial charge in [0, 0.05) is 30.4 Å². The van der Waals surface area contributed by atoms with E-state index in [2.05, 4.69) is 20.9 Å². The number of hydrogen-bond acceptors (Lipinski definition) is 4. The number of anilines is 2. The van der Waals surface area contributed by atoms with Gasteiger partial charge in [-0.3, -0.25) is 0 Å². The molecule has 1 aromatic carbocycles. The van der Waals surface area contributed by atoms with Crippen LogP contribution in [-0.4, -0.2) is 26.2 Å². The number of aromatic hydroxyl groups is 1. The molecule has 0 unspecified atom stereocenters. The Morgan fingerprint density at radius 1 is 1.24 bits per heavy atom. The first-order valence-corrected chi connectivity index (χ1v) is 7.08. The second kappa shape index (κ2) is 4.36. The summed E-state index contributed by atoms with van der Waals surface area (Å²) in [5.41, 5.74) is 3.88. The molecule has 4 rings (SSSR count). The van der Waals surface area contributed by atoms with Crippen molar-refractivity contribution < 1.29 is 5.11 Å². The monoisotopic (exact) mass is 300 g/mol. The van der Waals surface area contributed by atoms with Gasteiger partial charge in [0.15, 0.2) is 11.7 Å². The molecule has 1 aliphatic heterocycles. The highest BCUT2D eigenvalue weighted by molar-refractivity contribution is 6.31. The van der Waals surface area contributed by atoms with E-state index in [0.29, 0.717) is 5.02 Å². The minimum atomic E-state index is 0.178. The minimum Gasteiger partial charge on any atom is -0.494 e. The molecule has 2 aromatic heterocycles. The van der Waals surface area contributed by atoms with Crippen LogP contribution in [0.25, 0.3) is 11.0 Å². The Bertz CT molecular complexity index is 858. The lowest BCUT2D eigenvalue weighted by Crippen LogP contribution is -2.16. The Labute approximate surface area is 126 Å². The van der Waals surface area contributed by atoms with Crippen molar-refractivity contribution >= 4 is 34.1 Å². The molecule has 1 aliphatic rings. The van der Waals surface area contributed by atoms with Crippen molar-refractivity contribution in [2.24, 2.45) is 7.05 Å². The fourth-order valence-corrected chi connectivity index (χ4v) is 3.08. The van der Waals surface area contributed by atoms with Crippen LogP contribution in [0.3, 0.4) is 0 Å². The highest BCUT2D eigenvalue weighted by Crippen LogP contribution is 2.38. The van der Waals surface area contributed by atoms with Crippen molar-refractivity contribution in [2.45, 2.75) is 6.42 Å². The van der Waals surface area contributed by atoms with Gasteiger partial charge in [0.25, 0.3) is 0 Å². The SMILES string of the molecule is Cn1c(O)cc2ncnc(N3CCc4ccc(Cl)cc43)c21. The maximum Gasteiger partial charge on any atom is 0.193 e. The van der Waals surface area contributed by atoms with E-state index in [1.807, 2.05) is 12.1 Å². The molecule has 0 amide bonds. The molecule has 0 saturated carbocycles. The number of rotatable bonds is 1. The summed E-state index contributed by atoms with van der Waals surface area (Å²) >= 11 is 6.13. The molecule has 0 atom stereocenters. The molecule has 106 valence electrons. The van der Waals surface area contributed by atoms with Gasteiger partial charge in [0.2, 0.25) is 0 Å². The van der Waals surface area contributed by atoms with Gasteiger partial charge in [-0.1, -0.05) is 17.7 Å². The predicted molar refractivity (Wildman–Crippen MR) is 82.3 cm³/mol. The Balaban J connectivity index is 1.95. The summed E-state index contributed by atoms with van der Waals surface area (Å²) in [7, 11) is 1.81. The van der Waals surface area contributed by atoms with Gasteiger partial charge >= 0.3 is 0 Å². The summed E-state index contributed by atoms with van der Waals surface area (Å²) in [6.45, 7) is 0.841. The third-order valence-electron chi connectivity index (χ3n) is 3.97. The minimum absolute atomic E-state index is 0.178. The van der Waals surface area contributed by atoms with Crippen LogP contribution in [0, 0.1) is 0 Å². The molecule has 6 heteroatoms. The number of aryl methyl sites for hydroxylation is 1. The fourth-order valence-electron chi connectivity index (χ4n) is 2.91. The Kier molecular flexibility index (Phi) is 2.59. The number of benzene rings is 1. The van der Waals surface area contributed by atoms with E-state index >= 15 is 0 Å². The molecular weight excluding hydrogens is 288 g/mol. The molecule has 0 bridgehead atoms. The van der Waals surface area contributed by atoms with Crippen molar-refractivity contribution in [3.8, 4) is 5.88 Å². The van der Waals surface area contributed by atoms with Crippen LogP contribution in [-0.2, 0) is 13.5 Å². The van der Waals surface area contributed by atoms with Gasteiger partial charge in [-0.2, -0.15) is 0 Å². The van der Waals surface area contributed by atoms with Gasteiger partial charge in [-0.15, -0.1) is 0 Å². The number of halogens is 1. The van der Waals surface area contributed by atoms with Gasteiger partial charge in [0.05, 0.1) is 5.52 Å². The van der Waals surface area contributed by atoms with E-state index in [-0.39, 0.29) is 5.88 Å². The predicted octanol–water partition coefficient (Wildman–Crippen LogP) is 3.02. The van der Waals surface area contributed by atoms with E-state index in [4.69, 9.17) is 11.6 Å². The van der Waals surface area contributed by atoms with Crippen LogP contribution in [0.15, 0.2) is 30.6 Å². The highest BCUT2D eigenvalue weighted by atomic mass is 35.5. The maximum absolute atomic E-state index is 9.91. The first kappa shape index (κ1) is 12.5. The zero-order chi connectivity index (χ0) is 14.6. The van der Waals surface area contributed by atoms with E-state index in [0.717, 1.165) is 35.5 Å². The van der Waals surface area contributed by atoms with Gasteiger partial charge < -0.3 is 14.6 Å². The molecule has 3 heterocycles. The van der Waals surface area contributed by atoms with Crippen LogP contribution in [0.5, 0.6) is 5.88 Å². The molecule has 0 radical (unpaired) electrons. The standard InChI is InChI=1S/C15H13ClN4O/c1-19-13(21)7-11-14(19)15(18-8-17-11)20-5-4-9-2-3-10(16)6-12(9)20/h2-3,6-8,21H,4-5H2,1H3. The van der Waals surface area contributed by atoms with Crippen molar-refractivity contribution in [1.29, 1.82) is 0 Å². The average Bonchev–Trinajstić information content (AvgIpc) is 3.00. The van der Waals surface area contributed by atoms with E-state index in [1.165, 1.54) is 11.9 Å². The molecule has 5 nitrogen and oxygen atoms in total. The zero-order valence-electron chi connectivity index (χ0n) is 11.4. The molecule has 0 fully saturated rings. The Morgan fingerprint density at radius 3 is 2.95 bits per heavy atom. The largest absolute Gasteiger partial charge is 0.494 e. The van der Waals surface area contributed by atoms with Crippen LogP contribution in [0.1, 0.15) is 5.56 Å². The van der Waals surface area contributed by atoms with Gasteiger partial charge in [0.1, 0.15) is 11.8 Å². The first-order valence-electron chi connectivity index (χ1n) is 6.70. The average molecular weight is 301 g/mol. The molecule has 0 saturated heterocycles. The van der Waals surface area contributed by atoms with Gasteiger partial charge in [-0.25, -0.2) is 9.97 Å². The third kappa shape index (κ3) is 1.77. The zero-order valence-corrected chi connectivity index (χ0v) is 12.2. The lowest BCUT2D eigenvalue weighted by Gasteiger charge is -2.19. The molecule has 21 heavy (non-hydrogen) atoms. The second-order valence-electron chi connectivity index (χ2n) is 5.17. The summed E-state index contributed by atoms with van der Waals surface area (Å²) < 4.78 is 1.70. The molecule has 1 N–H and O–H groups in total. The smallest absolute Gasteiger partial charge is 0.193 e. The van der Waals surface area contributed by atoms with Crippen molar-refractivity contribution in [3.05, 3.63) is 41.2 Å². The summed E-state index contributed by atoms with van der Waals surface area (Å²) in [6.07, 6.45) is 2.48. The summed E-state index contributed by atoms with van der Waals surface area (Å²) in [6, 6.07) is 7.57. The summed E-state index contributed by atoms with van der Waals surface area (Å²) in [5, 5.41) is 10.6. The lowest BCUT2D eigenvalue weighted by molar-refractivity contribution is 0.435. The molecule has 3 aromatic rings. The van der Waals surface area contributed by atoms with E-state index in [9.17, 15) is 5.11 Å². The molecule has 0 aliphatic carbocycles. The van der Waals surface area contributed by atoms with E-state index < -0.39 is 0 Å². The maximum atomic E-state index is 9.91. The Morgan fingerprint density at radius 2 is 2.10 bits per heavy atom. The van der Waals surface area contributed by atoms with Crippen LogP contribution in [0.2, 0.25) is 5.02 Å². The number of aromatic nitrogens is 3. The van der Waals surface area contributed by atoms with Crippen LogP contribution >= 0.6 is 11.6 Å². The van der Waals surface area contributed by atoms with Crippen molar-refractivity contribution in [3.63, 3.8) is 0 Å². The van der Waals surface area contributed by atoms with Crippen LogP contribution in [0.4, 0.5) is 11.5 Å². The topological polar surface area (TPSA) is 54.2 Å². The summed E-state index contributed by atoms with van der Waals surface area (Å²) in [4.78, 5) is 10.8. The van der Waals surface area contributed by atoms with Crippen molar-refractivity contribution in [1.82, 2.24) is 14.5 Å². The lowest BCUT2D eigenvalue weighted by atomic mass is 10.2. The molecule has 0 spiro atoms. The number of hydrogen-bond donors (Lipinski definition) is 1. The van der Waals surface area contributed by atoms with Crippen molar-refractivity contribution in [2.75, 3.05) is 11.4 Å². The van der Waals surface area contributed by atoms with Gasteiger partial charge in [-0.05, 0) is 24.1 Å².